The van der Waals surface area contributed by atoms with Gasteiger partial charge in [0.2, 0.25) is 10.0 Å². The number of sulfonamides is 1. The Balaban J connectivity index is 1.81. The highest BCUT2D eigenvalue weighted by Gasteiger charge is 2.13. The van der Waals surface area contributed by atoms with E-state index >= 15 is 0 Å². The highest BCUT2D eigenvalue weighted by atomic mass is 32.2. The van der Waals surface area contributed by atoms with Crippen LogP contribution in [-0.4, -0.2) is 48.8 Å². The lowest BCUT2D eigenvalue weighted by Crippen LogP contribution is -2.32. The van der Waals surface area contributed by atoms with Crippen LogP contribution >= 0.6 is 0 Å². The van der Waals surface area contributed by atoms with E-state index in [1.54, 1.807) is 6.20 Å². The molecule has 0 aliphatic rings. The molecular weight excluding hydrogens is 316 g/mol. The van der Waals surface area contributed by atoms with Crippen molar-refractivity contribution < 1.29 is 12.8 Å². The molecule has 0 spiro atoms. The lowest BCUT2D eigenvalue weighted by molar-refractivity contribution is 0.419. The third-order valence-electron chi connectivity index (χ3n) is 3.60. The zero-order valence-corrected chi connectivity index (χ0v) is 14.6. The molecule has 0 radical (unpaired) electrons. The van der Waals surface area contributed by atoms with E-state index in [-0.39, 0.29) is 0 Å². The number of furan rings is 1. The van der Waals surface area contributed by atoms with Gasteiger partial charge in [0.25, 0.3) is 0 Å². The molecule has 0 aliphatic carbocycles. The second-order valence-electron chi connectivity index (χ2n) is 5.47. The number of hydrogen-bond donors (Lipinski definition) is 2. The molecule has 0 atom stereocenters. The van der Waals surface area contributed by atoms with Crippen LogP contribution in [0.5, 0.6) is 0 Å². The molecule has 2 aromatic heterocycles. The van der Waals surface area contributed by atoms with Crippen LogP contribution in [0, 0.1) is 6.92 Å². The molecule has 8 heteroatoms. The minimum atomic E-state index is -3.11. The first-order chi connectivity index (χ1) is 10.9. The average Bonchev–Trinajstić information content (AvgIpc) is 3.09. The van der Waals surface area contributed by atoms with Crippen LogP contribution in [0.1, 0.15) is 24.7 Å². The number of hydrogen-bond acceptors (Lipinski definition) is 5. The van der Waals surface area contributed by atoms with E-state index in [9.17, 15) is 8.42 Å². The van der Waals surface area contributed by atoms with Crippen molar-refractivity contribution in [2.24, 2.45) is 0 Å². The van der Waals surface area contributed by atoms with Gasteiger partial charge >= 0.3 is 0 Å². The van der Waals surface area contributed by atoms with Crippen LogP contribution in [-0.2, 0) is 16.6 Å². The fraction of sp³-hybridized carbons (Fsp3) is 0.533. The Labute approximate surface area is 137 Å². The van der Waals surface area contributed by atoms with E-state index in [0.29, 0.717) is 19.6 Å². The van der Waals surface area contributed by atoms with E-state index in [1.165, 1.54) is 10.6 Å². The minimum absolute atomic E-state index is 0.503. The SMILES string of the molecule is CCN(CCCNCc1cn[nH]c1-c1ccc(C)o1)S(C)(=O)=O. The fourth-order valence-corrected chi connectivity index (χ4v) is 3.32. The van der Waals surface area contributed by atoms with Gasteiger partial charge in [-0.05, 0) is 32.0 Å². The van der Waals surface area contributed by atoms with E-state index in [2.05, 4.69) is 15.5 Å². The summed E-state index contributed by atoms with van der Waals surface area (Å²) in [6, 6.07) is 3.83. The van der Waals surface area contributed by atoms with Crippen molar-refractivity contribution in [3.05, 3.63) is 29.7 Å². The van der Waals surface area contributed by atoms with Crippen molar-refractivity contribution in [1.29, 1.82) is 0 Å². The Morgan fingerprint density at radius 2 is 2.17 bits per heavy atom. The normalized spacial score (nSPS) is 12.2. The third-order valence-corrected chi connectivity index (χ3v) is 4.98. The van der Waals surface area contributed by atoms with E-state index < -0.39 is 10.0 Å². The van der Waals surface area contributed by atoms with E-state index in [4.69, 9.17) is 4.42 Å². The number of nitrogens with one attached hydrogen (secondary N) is 2. The first kappa shape index (κ1) is 17.7. The molecule has 0 saturated heterocycles. The Bertz CT molecular complexity index is 721. The maximum atomic E-state index is 11.5. The molecule has 2 aromatic rings. The largest absolute Gasteiger partial charge is 0.460 e. The summed E-state index contributed by atoms with van der Waals surface area (Å²) in [7, 11) is -3.11. The van der Waals surface area contributed by atoms with Crippen molar-refractivity contribution in [2.45, 2.75) is 26.8 Å². The maximum absolute atomic E-state index is 11.5. The molecule has 0 amide bonds. The van der Waals surface area contributed by atoms with Crippen molar-refractivity contribution in [1.82, 2.24) is 19.8 Å². The quantitative estimate of drug-likeness (QED) is 0.679. The predicted octanol–water partition coefficient (Wildman–Crippen LogP) is 1.74. The number of aromatic amines is 1. The Hall–Kier alpha value is -1.64. The second-order valence-corrected chi connectivity index (χ2v) is 7.45. The molecule has 23 heavy (non-hydrogen) atoms. The van der Waals surface area contributed by atoms with Crippen LogP contribution in [0.25, 0.3) is 11.5 Å². The second kappa shape index (κ2) is 7.76. The zero-order chi connectivity index (χ0) is 16.9. The molecule has 0 aliphatic heterocycles. The summed E-state index contributed by atoms with van der Waals surface area (Å²) in [4.78, 5) is 0. The molecule has 2 N–H and O–H groups in total. The monoisotopic (exact) mass is 340 g/mol. The summed E-state index contributed by atoms with van der Waals surface area (Å²) in [5, 5.41) is 10.3. The number of rotatable bonds is 9. The van der Waals surface area contributed by atoms with Gasteiger partial charge in [0, 0.05) is 25.2 Å². The number of nitrogens with zero attached hydrogens (tertiary/aromatic N) is 2. The van der Waals surface area contributed by atoms with Gasteiger partial charge in [-0.25, -0.2) is 12.7 Å². The molecule has 0 fully saturated rings. The first-order valence-corrected chi connectivity index (χ1v) is 9.51. The predicted molar refractivity (Wildman–Crippen MR) is 89.4 cm³/mol. The Kier molecular flexibility index (Phi) is 5.97. The van der Waals surface area contributed by atoms with Crippen LogP contribution in [0.15, 0.2) is 22.7 Å². The summed E-state index contributed by atoms with van der Waals surface area (Å²) in [5.41, 5.74) is 1.90. The molecule has 2 heterocycles. The molecule has 0 unspecified atom stereocenters. The zero-order valence-electron chi connectivity index (χ0n) is 13.8. The van der Waals surface area contributed by atoms with Crippen molar-refractivity contribution >= 4 is 10.0 Å². The number of aromatic nitrogens is 2. The molecule has 0 aromatic carbocycles. The van der Waals surface area contributed by atoms with Gasteiger partial charge < -0.3 is 9.73 Å². The summed E-state index contributed by atoms with van der Waals surface area (Å²) in [6.07, 6.45) is 3.77. The highest BCUT2D eigenvalue weighted by molar-refractivity contribution is 7.88. The summed E-state index contributed by atoms with van der Waals surface area (Å²) < 4.78 is 30.1. The highest BCUT2D eigenvalue weighted by Crippen LogP contribution is 2.23. The third kappa shape index (κ3) is 4.92. The maximum Gasteiger partial charge on any atom is 0.211 e. The van der Waals surface area contributed by atoms with Gasteiger partial charge in [0.1, 0.15) is 11.5 Å². The van der Waals surface area contributed by atoms with E-state index in [1.807, 2.05) is 26.0 Å². The molecule has 2 rings (SSSR count). The van der Waals surface area contributed by atoms with Crippen molar-refractivity contribution in [2.75, 3.05) is 25.9 Å². The van der Waals surface area contributed by atoms with Gasteiger partial charge in [0.15, 0.2) is 5.76 Å². The van der Waals surface area contributed by atoms with E-state index in [0.717, 1.165) is 35.7 Å². The lowest BCUT2D eigenvalue weighted by atomic mass is 10.2. The lowest BCUT2D eigenvalue weighted by Gasteiger charge is -2.17. The Morgan fingerprint density at radius 1 is 1.39 bits per heavy atom. The summed E-state index contributed by atoms with van der Waals surface area (Å²) >= 11 is 0. The van der Waals surface area contributed by atoms with Gasteiger partial charge in [-0.3, -0.25) is 5.10 Å². The minimum Gasteiger partial charge on any atom is -0.460 e. The van der Waals surface area contributed by atoms with Crippen molar-refractivity contribution in [3.8, 4) is 11.5 Å². The molecule has 0 bridgehead atoms. The average molecular weight is 340 g/mol. The van der Waals surface area contributed by atoms with Gasteiger partial charge in [0.05, 0.1) is 12.5 Å². The molecule has 0 saturated carbocycles. The topological polar surface area (TPSA) is 91.2 Å². The van der Waals surface area contributed by atoms with Crippen molar-refractivity contribution in [3.63, 3.8) is 0 Å². The fourth-order valence-electron chi connectivity index (χ4n) is 2.39. The molecule has 7 nitrogen and oxygen atoms in total. The van der Waals surface area contributed by atoms with Crippen LogP contribution in [0.2, 0.25) is 0 Å². The Morgan fingerprint density at radius 3 is 2.78 bits per heavy atom. The van der Waals surface area contributed by atoms with Gasteiger partial charge in [-0.1, -0.05) is 6.92 Å². The van der Waals surface area contributed by atoms with Crippen LogP contribution in [0.4, 0.5) is 0 Å². The molecular formula is C15H24N4O3S. The summed E-state index contributed by atoms with van der Waals surface area (Å²) in [6.45, 7) is 6.15. The van der Waals surface area contributed by atoms with Gasteiger partial charge in [-0.2, -0.15) is 5.10 Å². The van der Waals surface area contributed by atoms with Gasteiger partial charge in [-0.15, -0.1) is 0 Å². The van der Waals surface area contributed by atoms with Crippen LogP contribution in [0.3, 0.4) is 0 Å². The van der Waals surface area contributed by atoms with Crippen LogP contribution < -0.4 is 5.32 Å². The number of H-pyrrole nitrogens is 1. The summed E-state index contributed by atoms with van der Waals surface area (Å²) in [5.74, 6) is 1.62. The molecule has 128 valence electrons. The smallest absolute Gasteiger partial charge is 0.211 e. The number of aryl methyl sites for hydroxylation is 1. The first-order valence-electron chi connectivity index (χ1n) is 7.66. The standard InChI is InChI=1S/C15H24N4O3S/c1-4-19(23(3,20)21)9-5-8-16-10-13-11-17-18-15(13)14-7-6-12(2)22-14/h6-7,11,16H,4-5,8-10H2,1-3H3,(H,17,18).